The lowest BCUT2D eigenvalue weighted by Crippen LogP contribution is -2.40. The van der Waals surface area contributed by atoms with Gasteiger partial charge in [0.05, 0.1) is 6.61 Å². The SMILES string of the molecule is CCOC(=O)C(OP(=O)(CC)OCC(F)(F)F)C(F)(F)F. The molecule has 126 valence electrons. The number of halogens is 6. The van der Waals surface area contributed by atoms with Gasteiger partial charge >= 0.3 is 25.9 Å². The molecule has 0 aliphatic rings. The minimum Gasteiger partial charge on any atom is -0.464 e. The Bertz CT molecular complexity index is 393. The molecule has 0 bridgehead atoms. The van der Waals surface area contributed by atoms with Crippen LogP contribution in [0.3, 0.4) is 0 Å². The number of ether oxygens (including phenoxy) is 1. The van der Waals surface area contributed by atoms with Crippen molar-refractivity contribution in [2.75, 3.05) is 19.4 Å². The van der Waals surface area contributed by atoms with Crippen LogP contribution in [0.2, 0.25) is 0 Å². The molecule has 0 aliphatic heterocycles. The topological polar surface area (TPSA) is 61.8 Å². The molecular formula is C9H13F6O5P. The first kappa shape index (κ1) is 20.2. The Labute approximate surface area is 116 Å². The van der Waals surface area contributed by atoms with Crippen LogP contribution < -0.4 is 0 Å². The van der Waals surface area contributed by atoms with Crippen molar-refractivity contribution in [1.82, 2.24) is 0 Å². The summed E-state index contributed by atoms with van der Waals surface area (Å²) in [5.41, 5.74) is 0. The number of rotatable bonds is 7. The summed E-state index contributed by atoms with van der Waals surface area (Å²) in [6, 6.07) is 0. The average Bonchev–Trinajstić information content (AvgIpc) is 2.31. The van der Waals surface area contributed by atoms with E-state index in [1.807, 2.05) is 0 Å². The van der Waals surface area contributed by atoms with Crippen molar-refractivity contribution in [3.05, 3.63) is 0 Å². The summed E-state index contributed by atoms with van der Waals surface area (Å²) < 4.78 is 97.4. The Morgan fingerprint density at radius 1 is 1.14 bits per heavy atom. The fourth-order valence-electron chi connectivity index (χ4n) is 0.983. The zero-order valence-corrected chi connectivity index (χ0v) is 11.8. The van der Waals surface area contributed by atoms with Crippen molar-refractivity contribution < 1.29 is 49.5 Å². The summed E-state index contributed by atoms with van der Waals surface area (Å²) in [5.74, 6) is -1.91. The van der Waals surface area contributed by atoms with Gasteiger partial charge in [-0.05, 0) is 6.92 Å². The van der Waals surface area contributed by atoms with Crippen LogP contribution in [0, 0.1) is 0 Å². The zero-order valence-electron chi connectivity index (χ0n) is 11.0. The summed E-state index contributed by atoms with van der Waals surface area (Å²) in [4.78, 5) is 11.1. The maximum Gasteiger partial charge on any atom is 0.426 e. The number of hydrogen-bond donors (Lipinski definition) is 0. The molecule has 0 heterocycles. The van der Waals surface area contributed by atoms with E-state index in [2.05, 4.69) is 13.8 Å². The largest absolute Gasteiger partial charge is 0.464 e. The summed E-state index contributed by atoms with van der Waals surface area (Å²) in [5, 5.41) is 0. The van der Waals surface area contributed by atoms with E-state index in [9.17, 15) is 35.7 Å². The van der Waals surface area contributed by atoms with E-state index in [-0.39, 0.29) is 0 Å². The molecule has 0 aliphatic carbocycles. The predicted octanol–water partition coefficient (Wildman–Crippen LogP) is 3.29. The van der Waals surface area contributed by atoms with Crippen molar-refractivity contribution in [3.8, 4) is 0 Å². The second kappa shape index (κ2) is 7.46. The third-order valence-electron chi connectivity index (χ3n) is 1.88. The molecule has 0 rings (SSSR count). The highest BCUT2D eigenvalue weighted by Gasteiger charge is 2.51. The molecule has 0 saturated heterocycles. The van der Waals surface area contributed by atoms with Crippen LogP contribution in [0.1, 0.15) is 13.8 Å². The molecule has 12 heteroatoms. The molecule has 0 amide bonds. The van der Waals surface area contributed by atoms with E-state index in [1.165, 1.54) is 6.92 Å². The Morgan fingerprint density at radius 2 is 1.67 bits per heavy atom. The van der Waals surface area contributed by atoms with Crippen LogP contribution >= 0.6 is 7.60 Å². The third kappa shape index (κ3) is 7.68. The van der Waals surface area contributed by atoms with E-state index in [0.717, 1.165) is 6.92 Å². The highest BCUT2D eigenvalue weighted by atomic mass is 31.2. The summed E-state index contributed by atoms with van der Waals surface area (Å²) in [6.07, 6.45) is -14.3. The minimum atomic E-state index is -5.31. The highest BCUT2D eigenvalue weighted by Crippen LogP contribution is 2.51. The maximum absolute atomic E-state index is 12.6. The second-order valence-electron chi connectivity index (χ2n) is 3.59. The van der Waals surface area contributed by atoms with Gasteiger partial charge in [-0.1, -0.05) is 6.92 Å². The molecule has 0 aromatic rings. The zero-order chi connectivity index (χ0) is 16.9. The predicted molar refractivity (Wildman–Crippen MR) is 57.7 cm³/mol. The first-order chi connectivity index (χ1) is 9.34. The molecule has 0 aromatic carbocycles. The van der Waals surface area contributed by atoms with Crippen molar-refractivity contribution in [3.63, 3.8) is 0 Å². The van der Waals surface area contributed by atoms with Gasteiger partial charge in [0.15, 0.2) is 6.61 Å². The van der Waals surface area contributed by atoms with E-state index in [4.69, 9.17) is 0 Å². The van der Waals surface area contributed by atoms with Crippen molar-refractivity contribution >= 4 is 13.6 Å². The van der Waals surface area contributed by atoms with Crippen LogP contribution in [-0.4, -0.2) is 43.8 Å². The van der Waals surface area contributed by atoms with Gasteiger partial charge in [0, 0.05) is 6.16 Å². The van der Waals surface area contributed by atoms with Gasteiger partial charge in [-0.25, -0.2) is 4.79 Å². The molecule has 2 unspecified atom stereocenters. The molecule has 5 nitrogen and oxygen atoms in total. The third-order valence-corrected chi connectivity index (χ3v) is 3.71. The Morgan fingerprint density at radius 3 is 2.00 bits per heavy atom. The second-order valence-corrected chi connectivity index (χ2v) is 5.92. The molecular weight excluding hydrogens is 333 g/mol. The quantitative estimate of drug-likeness (QED) is 0.402. The average molecular weight is 346 g/mol. The molecule has 2 atom stereocenters. The van der Waals surface area contributed by atoms with Crippen molar-refractivity contribution in [2.24, 2.45) is 0 Å². The van der Waals surface area contributed by atoms with E-state index >= 15 is 0 Å². The minimum absolute atomic E-state index is 0.422. The van der Waals surface area contributed by atoms with Crippen LogP contribution in [0.25, 0.3) is 0 Å². The summed E-state index contributed by atoms with van der Waals surface area (Å²) >= 11 is 0. The molecule has 0 aromatic heterocycles. The Hall–Kier alpha value is -0.800. The van der Waals surface area contributed by atoms with Crippen molar-refractivity contribution in [2.45, 2.75) is 32.3 Å². The first-order valence-electron chi connectivity index (χ1n) is 5.56. The normalized spacial score (nSPS) is 17.1. The fourth-order valence-corrected chi connectivity index (χ4v) is 2.25. The Balaban J connectivity index is 5.09. The van der Waals surface area contributed by atoms with Gasteiger partial charge in [-0.3, -0.25) is 13.6 Å². The van der Waals surface area contributed by atoms with Crippen LogP contribution in [-0.2, 0) is 23.1 Å². The van der Waals surface area contributed by atoms with Gasteiger partial charge in [0.1, 0.15) is 0 Å². The number of esters is 1. The standard InChI is InChI=1S/C9H13F6O5P/c1-3-18-7(16)6(9(13,14)15)20-21(17,4-2)19-5-8(10,11)12/h6H,3-5H2,1-2H3. The van der Waals surface area contributed by atoms with E-state index in [0.29, 0.717) is 0 Å². The lowest BCUT2D eigenvalue weighted by molar-refractivity contribution is -0.214. The molecule has 0 N–H and O–H groups in total. The van der Waals surface area contributed by atoms with E-state index < -0.39 is 51.4 Å². The van der Waals surface area contributed by atoms with Crippen LogP contribution in [0.4, 0.5) is 26.3 Å². The molecule has 0 spiro atoms. The summed E-state index contributed by atoms with van der Waals surface area (Å²) in [7, 11) is -4.77. The number of hydrogen-bond acceptors (Lipinski definition) is 5. The summed E-state index contributed by atoms with van der Waals surface area (Å²) in [6.45, 7) is -0.277. The number of carbonyl (C=O) groups is 1. The fraction of sp³-hybridized carbons (Fsp3) is 0.889. The molecule has 21 heavy (non-hydrogen) atoms. The number of carbonyl (C=O) groups excluding carboxylic acids is 1. The van der Waals surface area contributed by atoms with Crippen LogP contribution in [0.15, 0.2) is 0 Å². The van der Waals surface area contributed by atoms with Gasteiger partial charge in [-0.2, -0.15) is 26.3 Å². The molecule has 0 saturated carbocycles. The van der Waals surface area contributed by atoms with Gasteiger partial charge in [-0.15, -0.1) is 0 Å². The van der Waals surface area contributed by atoms with Gasteiger partial charge < -0.3 is 4.74 Å². The molecule has 0 fully saturated rings. The highest BCUT2D eigenvalue weighted by molar-refractivity contribution is 7.53. The first-order valence-corrected chi connectivity index (χ1v) is 7.29. The van der Waals surface area contributed by atoms with Crippen LogP contribution in [0.5, 0.6) is 0 Å². The van der Waals surface area contributed by atoms with Gasteiger partial charge in [0.2, 0.25) is 0 Å². The van der Waals surface area contributed by atoms with Gasteiger partial charge in [0.25, 0.3) is 6.10 Å². The number of alkyl halides is 6. The maximum atomic E-state index is 12.6. The molecule has 0 radical (unpaired) electrons. The Kier molecular flexibility index (Phi) is 7.17. The lowest BCUT2D eigenvalue weighted by Gasteiger charge is -2.24. The van der Waals surface area contributed by atoms with Crippen molar-refractivity contribution in [1.29, 1.82) is 0 Å². The van der Waals surface area contributed by atoms with E-state index in [1.54, 1.807) is 0 Å². The monoisotopic (exact) mass is 346 g/mol. The smallest absolute Gasteiger partial charge is 0.426 e. The lowest BCUT2D eigenvalue weighted by atomic mass is 10.3.